The smallest absolute Gasteiger partial charge is 0.337 e. The number of rotatable bonds is 2. The molecule has 0 aliphatic carbocycles. The van der Waals surface area contributed by atoms with E-state index in [4.69, 9.17) is 14.2 Å². The quantitative estimate of drug-likeness (QED) is 0.766. The number of benzene rings is 1. The Hall–Kier alpha value is -2.54. The highest BCUT2D eigenvalue weighted by molar-refractivity contribution is 6.14. The maximum absolute atomic E-state index is 13.5. The third-order valence-electron chi connectivity index (χ3n) is 7.31. The van der Waals surface area contributed by atoms with Crippen LogP contribution in [-0.4, -0.2) is 61.6 Å². The normalized spacial score (nSPS) is 35.1. The van der Waals surface area contributed by atoms with Crippen molar-refractivity contribution in [1.29, 1.82) is 0 Å². The van der Waals surface area contributed by atoms with Crippen LogP contribution in [0, 0.1) is 11.8 Å². The molecule has 4 aliphatic heterocycles. The lowest BCUT2D eigenvalue weighted by molar-refractivity contribution is -0.139. The maximum Gasteiger partial charge on any atom is 0.337 e. The lowest BCUT2D eigenvalue weighted by Gasteiger charge is -2.48. The van der Waals surface area contributed by atoms with E-state index < -0.39 is 5.54 Å². The molecule has 7 nitrogen and oxygen atoms in total. The van der Waals surface area contributed by atoms with Gasteiger partial charge in [0.25, 0.3) is 0 Å². The Morgan fingerprint density at radius 1 is 1.34 bits per heavy atom. The SMILES string of the molecule is COC(=O)C1=COC(C)C2CN3CCC4(Nc5cc(OC)ccc5C4=O)C3CC12. The van der Waals surface area contributed by atoms with Crippen LogP contribution in [0.2, 0.25) is 0 Å². The van der Waals surface area contributed by atoms with Crippen molar-refractivity contribution in [3.8, 4) is 5.75 Å². The number of carbonyl (C=O) groups is 2. The van der Waals surface area contributed by atoms with Crippen LogP contribution in [0.15, 0.2) is 30.0 Å². The van der Waals surface area contributed by atoms with Gasteiger partial charge in [0.2, 0.25) is 0 Å². The van der Waals surface area contributed by atoms with Crippen LogP contribution < -0.4 is 10.1 Å². The minimum atomic E-state index is -0.650. The van der Waals surface area contributed by atoms with Gasteiger partial charge in [-0.3, -0.25) is 9.69 Å². The zero-order valence-corrected chi connectivity index (χ0v) is 16.9. The fourth-order valence-corrected chi connectivity index (χ4v) is 5.76. The number of hydrogen-bond acceptors (Lipinski definition) is 7. The second kappa shape index (κ2) is 6.49. The van der Waals surface area contributed by atoms with Crippen molar-refractivity contribution >= 4 is 17.4 Å². The molecule has 29 heavy (non-hydrogen) atoms. The minimum absolute atomic E-state index is 0.0213. The highest BCUT2D eigenvalue weighted by atomic mass is 16.5. The molecular formula is C22H26N2O5. The van der Waals surface area contributed by atoms with Crippen LogP contribution >= 0.6 is 0 Å². The van der Waals surface area contributed by atoms with Gasteiger partial charge in [-0.15, -0.1) is 0 Å². The maximum atomic E-state index is 13.5. The van der Waals surface area contributed by atoms with Crippen molar-refractivity contribution in [3.05, 3.63) is 35.6 Å². The van der Waals surface area contributed by atoms with Gasteiger partial charge in [-0.25, -0.2) is 4.79 Å². The lowest BCUT2D eigenvalue weighted by atomic mass is 9.70. The van der Waals surface area contributed by atoms with E-state index in [-0.39, 0.29) is 35.7 Å². The van der Waals surface area contributed by atoms with Gasteiger partial charge in [-0.2, -0.15) is 0 Å². The largest absolute Gasteiger partial charge is 0.497 e. The molecule has 0 bridgehead atoms. The van der Waals surface area contributed by atoms with E-state index >= 15 is 0 Å². The van der Waals surface area contributed by atoms with Crippen LogP contribution in [0.5, 0.6) is 5.75 Å². The lowest BCUT2D eigenvalue weighted by Crippen LogP contribution is -2.59. The first kappa shape index (κ1) is 18.5. The molecule has 4 heterocycles. The predicted octanol–water partition coefficient (Wildman–Crippen LogP) is 2.23. The Morgan fingerprint density at radius 3 is 2.93 bits per heavy atom. The Labute approximate surface area is 170 Å². The first-order chi connectivity index (χ1) is 14.0. The van der Waals surface area contributed by atoms with E-state index in [0.717, 1.165) is 42.9 Å². The summed E-state index contributed by atoms with van der Waals surface area (Å²) in [5.74, 6) is 0.763. The number of esters is 1. The van der Waals surface area contributed by atoms with Gasteiger partial charge < -0.3 is 19.5 Å². The Kier molecular flexibility index (Phi) is 4.13. The number of carbonyl (C=O) groups excluding carboxylic acids is 2. The number of methoxy groups -OCH3 is 2. The van der Waals surface area contributed by atoms with Gasteiger partial charge in [-0.1, -0.05) is 0 Å². The standard InChI is InChI=1S/C22H26N2O5/c1-12-16-10-24-7-6-22(19(24)9-15(16)17(11-29-12)21(26)28-3)20(25)14-5-4-13(27-2)8-18(14)23-22/h4-5,8,11-12,15-16,19,23H,6-7,9-10H2,1-3H3. The van der Waals surface area contributed by atoms with Crippen molar-refractivity contribution in [3.63, 3.8) is 0 Å². The Balaban J connectivity index is 1.49. The van der Waals surface area contributed by atoms with Crippen LogP contribution in [0.25, 0.3) is 0 Å². The van der Waals surface area contributed by atoms with Gasteiger partial charge >= 0.3 is 5.97 Å². The minimum Gasteiger partial charge on any atom is -0.497 e. The molecule has 0 aromatic heterocycles. The number of ketones is 1. The molecule has 1 N–H and O–H groups in total. The van der Waals surface area contributed by atoms with E-state index in [1.54, 1.807) is 13.4 Å². The van der Waals surface area contributed by atoms with Crippen LogP contribution in [0.1, 0.15) is 30.1 Å². The Morgan fingerprint density at radius 2 is 2.17 bits per heavy atom. The molecule has 5 unspecified atom stereocenters. The number of Topliss-reactive ketones (excluding diaryl/α,β-unsaturated/α-hetero) is 1. The van der Waals surface area contributed by atoms with Crippen molar-refractivity contribution < 1.29 is 23.8 Å². The fourth-order valence-electron chi connectivity index (χ4n) is 5.76. The zero-order chi connectivity index (χ0) is 20.3. The topological polar surface area (TPSA) is 77.1 Å². The number of piperidine rings is 1. The number of fused-ring (bicyclic) bond motifs is 4. The van der Waals surface area contributed by atoms with Crippen molar-refractivity contribution in [1.82, 2.24) is 4.90 Å². The molecule has 1 aromatic rings. The van der Waals surface area contributed by atoms with Crippen molar-refractivity contribution in [2.75, 3.05) is 32.6 Å². The van der Waals surface area contributed by atoms with E-state index in [1.807, 2.05) is 18.2 Å². The highest BCUT2D eigenvalue weighted by Crippen LogP contribution is 2.50. The van der Waals surface area contributed by atoms with Gasteiger partial charge in [0.15, 0.2) is 5.78 Å². The van der Waals surface area contributed by atoms with E-state index in [1.165, 1.54) is 7.11 Å². The summed E-state index contributed by atoms with van der Waals surface area (Å²) < 4.78 is 16.1. The van der Waals surface area contributed by atoms with Crippen LogP contribution in [0.4, 0.5) is 5.69 Å². The fraction of sp³-hybridized carbons (Fsp3) is 0.545. The Bertz CT molecular complexity index is 912. The molecule has 1 spiro atoms. The summed E-state index contributed by atoms with van der Waals surface area (Å²) in [6.07, 6.45) is 3.07. The van der Waals surface area contributed by atoms with Gasteiger partial charge in [-0.05, 0) is 31.9 Å². The molecule has 1 aromatic carbocycles. The highest BCUT2D eigenvalue weighted by Gasteiger charge is 2.60. The summed E-state index contributed by atoms with van der Waals surface area (Å²) >= 11 is 0. The van der Waals surface area contributed by atoms with Gasteiger partial charge in [0, 0.05) is 48.3 Å². The average molecular weight is 398 g/mol. The summed E-state index contributed by atoms with van der Waals surface area (Å²) in [5, 5.41) is 3.56. The molecule has 0 amide bonds. The van der Waals surface area contributed by atoms with Crippen LogP contribution in [-0.2, 0) is 14.3 Å². The number of ether oxygens (including phenoxy) is 3. The second-order valence-electron chi connectivity index (χ2n) is 8.51. The molecule has 7 heteroatoms. The third kappa shape index (κ3) is 2.53. The number of hydrogen-bond donors (Lipinski definition) is 1. The first-order valence-electron chi connectivity index (χ1n) is 10.2. The number of nitrogens with zero attached hydrogens (tertiary/aromatic N) is 1. The molecule has 5 atom stereocenters. The molecule has 154 valence electrons. The third-order valence-corrected chi connectivity index (χ3v) is 7.31. The van der Waals surface area contributed by atoms with Crippen molar-refractivity contribution in [2.45, 2.75) is 37.5 Å². The predicted molar refractivity (Wildman–Crippen MR) is 106 cm³/mol. The number of anilines is 1. The van der Waals surface area contributed by atoms with Crippen LogP contribution in [0.3, 0.4) is 0 Å². The molecule has 4 aliphatic rings. The molecule has 2 saturated heterocycles. The molecule has 2 fully saturated rings. The summed E-state index contributed by atoms with van der Waals surface area (Å²) in [7, 11) is 3.02. The zero-order valence-electron chi connectivity index (χ0n) is 16.9. The summed E-state index contributed by atoms with van der Waals surface area (Å²) in [6.45, 7) is 3.71. The van der Waals surface area contributed by atoms with Crippen molar-refractivity contribution in [2.24, 2.45) is 11.8 Å². The summed E-state index contributed by atoms with van der Waals surface area (Å²) in [5.41, 5.74) is 1.49. The molecular weight excluding hydrogens is 372 g/mol. The van der Waals surface area contributed by atoms with Gasteiger partial charge in [0.1, 0.15) is 11.3 Å². The monoisotopic (exact) mass is 398 g/mol. The first-order valence-corrected chi connectivity index (χ1v) is 10.2. The summed E-state index contributed by atoms with van der Waals surface area (Å²) in [4.78, 5) is 28.3. The van der Waals surface area contributed by atoms with E-state index in [9.17, 15) is 9.59 Å². The molecule has 5 rings (SSSR count). The summed E-state index contributed by atoms with van der Waals surface area (Å²) in [6, 6.07) is 5.60. The van der Waals surface area contributed by atoms with Gasteiger partial charge in [0.05, 0.1) is 32.2 Å². The van der Waals surface area contributed by atoms with E-state index in [0.29, 0.717) is 5.57 Å². The molecule has 0 radical (unpaired) electrons. The van der Waals surface area contributed by atoms with E-state index in [2.05, 4.69) is 17.1 Å². The molecule has 0 saturated carbocycles. The average Bonchev–Trinajstić information content (AvgIpc) is 3.24. The second-order valence-corrected chi connectivity index (χ2v) is 8.51. The number of nitrogens with one attached hydrogen (secondary N) is 1.